The molecular formula is C16H20N4O2. The van der Waals surface area contributed by atoms with Gasteiger partial charge in [-0.3, -0.25) is 10.00 Å². The molecular weight excluding hydrogens is 280 g/mol. The van der Waals surface area contributed by atoms with Crippen LogP contribution in [0.25, 0.3) is 0 Å². The molecule has 6 nitrogen and oxygen atoms in total. The van der Waals surface area contributed by atoms with E-state index >= 15 is 0 Å². The fraction of sp³-hybridized carbons (Fsp3) is 0.375. The first-order valence-corrected chi connectivity index (χ1v) is 7.52. The molecule has 0 saturated heterocycles. The van der Waals surface area contributed by atoms with Crippen molar-refractivity contribution in [3.05, 3.63) is 41.6 Å². The van der Waals surface area contributed by atoms with E-state index in [1.807, 2.05) is 37.3 Å². The van der Waals surface area contributed by atoms with E-state index in [9.17, 15) is 4.79 Å². The Labute approximate surface area is 129 Å². The molecule has 0 radical (unpaired) electrons. The Bertz CT molecular complexity index is 664. The van der Waals surface area contributed by atoms with Crippen LogP contribution in [0, 0.1) is 0 Å². The van der Waals surface area contributed by atoms with E-state index in [-0.39, 0.29) is 0 Å². The molecule has 116 valence electrons. The molecule has 0 bridgehead atoms. The molecule has 0 atom stereocenters. The highest BCUT2D eigenvalue weighted by Gasteiger charge is 2.27. The number of amides is 2. The number of H-pyrrole nitrogens is 1. The van der Waals surface area contributed by atoms with Crippen molar-refractivity contribution in [1.29, 1.82) is 0 Å². The predicted molar refractivity (Wildman–Crippen MR) is 83.9 cm³/mol. The van der Waals surface area contributed by atoms with Crippen molar-refractivity contribution in [2.24, 2.45) is 5.73 Å². The van der Waals surface area contributed by atoms with Gasteiger partial charge in [-0.1, -0.05) is 18.2 Å². The first-order chi connectivity index (χ1) is 10.7. The maximum atomic E-state index is 11.8. The summed E-state index contributed by atoms with van der Waals surface area (Å²) in [6, 6.07) is 9.03. The number of rotatable bonds is 6. The number of benzene rings is 1. The van der Waals surface area contributed by atoms with Crippen molar-refractivity contribution in [3.8, 4) is 5.75 Å². The summed E-state index contributed by atoms with van der Waals surface area (Å²) in [5.74, 6) is 1.91. The van der Waals surface area contributed by atoms with Crippen molar-refractivity contribution >= 4 is 11.8 Å². The van der Waals surface area contributed by atoms with Gasteiger partial charge < -0.3 is 10.5 Å². The second-order valence-corrected chi connectivity index (χ2v) is 5.42. The first-order valence-electron chi connectivity index (χ1n) is 7.52. The van der Waals surface area contributed by atoms with Gasteiger partial charge in [-0.25, -0.2) is 4.79 Å². The molecule has 1 aromatic heterocycles. The number of para-hydroxylation sites is 1. The Morgan fingerprint density at radius 1 is 1.45 bits per heavy atom. The predicted octanol–water partition coefficient (Wildman–Crippen LogP) is 2.77. The number of urea groups is 1. The summed E-state index contributed by atoms with van der Waals surface area (Å²) in [5, 5.41) is 7.19. The summed E-state index contributed by atoms with van der Waals surface area (Å²) in [4.78, 5) is 13.3. The van der Waals surface area contributed by atoms with Gasteiger partial charge in [-0.2, -0.15) is 5.10 Å². The van der Waals surface area contributed by atoms with Crippen molar-refractivity contribution in [1.82, 2.24) is 10.2 Å². The van der Waals surface area contributed by atoms with Crippen LogP contribution in [0.5, 0.6) is 5.75 Å². The largest absolute Gasteiger partial charge is 0.494 e. The molecule has 1 aromatic carbocycles. The minimum atomic E-state index is -0.516. The molecule has 0 aliphatic heterocycles. The highest BCUT2D eigenvalue weighted by atomic mass is 16.5. The van der Waals surface area contributed by atoms with Crippen LogP contribution in [0.15, 0.2) is 30.3 Å². The van der Waals surface area contributed by atoms with Gasteiger partial charge in [-0.05, 0) is 25.8 Å². The number of aromatic nitrogens is 2. The summed E-state index contributed by atoms with van der Waals surface area (Å²) in [6.45, 7) is 2.85. The Balaban J connectivity index is 1.83. The molecule has 3 rings (SSSR count). The van der Waals surface area contributed by atoms with Gasteiger partial charge in [0, 0.05) is 17.5 Å². The van der Waals surface area contributed by atoms with Crippen LogP contribution >= 0.6 is 0 Å². The van der Waals surface area contributed by atoms with E-state index in [4.69, 9.17) is 10.5 Å². The lowest BCUT2D eigenvalue weighted by atomic mass is 10.2. The number of hydrogen-bond acceptors (Lipinski definition) is 3. The molecule has 6 heteroatoms. The zero-order valence-corrected chi connectivity index (χ0v) is 12.6. The highest BCUT2D eigenvalue weighted by molar-refractivity contribution is 5.89. The average Bonchev–Trinajstić information content (AvgIpc) is 3.25. The van der Waals surface area contributed by atoms with Gasteiger partial charge in [0.05, 0.1) is 18.8 Å². The zero-order valence-electron chi connectivity index (χ0n) is 12.6. The summed E-state index contributed by atoms with van der Waals surface area (Å²) in [5.41, 5.74) is 7.45. The van der Waals surface area contributed by atoms with E-state index in [2.05, 4.69) is 10.2 Å². The number of nitrogens with two attached hydrogens (primary N) is 1. The van der Waals surface area contributed by atoms with Crippen LogP contribution in [-0.2, 0) is 6.54 Å². The lowest BCUT2D eigenvalue weighted by molar-refractivity contribution is 0.253. The van der Waals surface area contributed by atoms with E-state index in [0.717, 1.165) is 29.8 Å². The SMILES string of the molecule is CCOc1ccccc1CN(C(N)=O)c1cc(C2CC2)n[nH]1. The van der Waals surface area contributed by atoms with E-state index in [1.54, 1.807) is 0 Å². The van der Waals surface area contributed by atoms with E-state index < -0.39 is 6.03 Å². The van der Waals surface area contributed by atoms with Gasteiger partial charge in [0.25, 0.3) is 0 Å². The van der Waals surface area contributed by atoms with Crippen LogP contribution in [0.2, 0.25) is 0 Å². The Morgan fingerprint density at radius 2 is 2.23 bits per heavy atom. The van der Waals surface area contributed by atoms with Gasteiger partial charge in [-0.15, -0.1) is 0 Å². The number of carbonyl (C=O) groups is 1. The quantitative estimate of drug-likeness (QED) is 0.860. The van der Waals surface area contributed by atoms with Gasteiger partial charge in [0.2, 0.25) is 0 Å². The second kappa shape index (κ2) is 6.09. The highest BCUT2D eigenvalue weighted by Crippen LogP contribution is 2.40. The number of nitrogens with zero attached hydrogens (tertiary/aromatic N) is 2. The maximum absolute atomic E-state index is 11.8. The molecule has 3 N–H and O–H groups in total. The van der Waals surface area contributed by atoms with Gasteiger partial charge in [0.15, 0.2) is 0 Å². The summed E-state index contributed by atoms with van der Waals surface area (Å²) >= 11 is 0. The van der Waals surface area contributed by atoms with Crippen LogP contribution in [0.4, 0.5) is 10.6 Å². The van der Waals surface area contributed by atoms with Crippen LogP contribution in [0.1, 0.15) is 36.9 Å². The van der Waals surface area contributed by atoms with Gasteiger partial charge >= 0.3 is 6.03 Å². The lowest BCUT2D eigenvalue weighted by Gasteiger charge is -2.20. The lowest BCUT2D eigenvalue weighted by Crippen LogP contribution is -2.35. The maximum Gasteiger partial charge on any atom is 0.320 e. The second-order valence-electron chi connectivity index (χ2n) is 5.42. The van der Waals surface area contributed by atoms with Gasteiger partial charge in [0.1, 0.15) is 11.6 Å². The topological polar surface area (TPSA) is 84.2 Å². The number of aromatic amines is 1. The van der Waals surface area contributed by atoms with Crippen molar-refractivity contribution < 1.29 is 9.53 Å². The molecule has 1 saturated carbocycles. The number of anilines is 1. The Hall–Kier alpha value is -2.50. The minimum Gasteiger partial charge on any atom is -0.494 e. The molecule has 1 aliphatic rings. The summed E-state index contributed by atoms with van der Waals surface area (Å²) in [6.07, 6.45) is 2.32. The third kappa shape index (κ3) is 3.05. The fourth-order valence-corrected chi connectivity index (χ4v) is 2.44. The molecule has 1 heterocycles. The van der Waals surface area contributed by atoms with E-state index in [1.165, 1.54) is 4.90 Å². The number of ether oxygens (including phenoxy) is 1. The summed E-state index contributed by atoms with van der Waals surface area (Å²) < 4.78 is 5.60. The molecule has 22 heavy (non-hydrogen) atoms. The molecule has 2 amide bonds. The van der Waals surface area contributed by atoms with Crippen LogP contribution in [-0.4, -0.2) is 22.8 Å². The van der Waals surface area contributed by atoms with Crippen molar-refractivity contribution in [3.63, 3.8) is 0 Å². The molecule has 0 spiro atoms. The molecule has 1 aliphatic carbocycles. The Kier molecular flexibility index (Phi) is 4.00. The van der Waals surface area contributed by atoms with Crippen molar-refractivity contribution in [2.45, 2.75) is 32.2 Å². The monoisotopic (exact) mass is 300 g/mol. The zero-order chi connectivity index (χ0) is 15.5. The normalized spacial score (nSPS) is 13.9. The first kappa shape index (κ1) is 14.4. The number of hydrogen-bond donors (Lipinski definition) is 2. The van der Waals surface area contributed by atoms with E-state index in [0.29, 0.717) is 24.9 Å². The standard InChI is InChI=1S/C16H20N4O2/c1-2-22-14-6-4-3-5-12(14)10-20(16(17)21)15-9-13(18-19-15)11-7-8-11/h3-6,9,11H,2,7-8,10H2,1H3,(H2,17,21)(H,18,19). The average molecular weight is 300 g/mol. The van der Waals surface area contributed by atoms with Crippen molar-refractivity contribution in [2.75, 3.05) is 11.5 Å². The number of carbonyl (C=O) groups excluding carboxylic acids is 1. The third-order valence-corrected chi connectivity index (χ3v) is 3.74. The fourth-order valence-electron chi connectivity index (χ4n) is 2.44. The summed E-state index contributed by atoms with van der Waals surface area (Å²) in [7, 11) is 0. The third-order valence-electron chi connectivity index (χ3n) is 3.74. The van der Waals surface area contributed by atoms with Crippen LogP contribution in [0.3, 0.4) is 0 Å². The number of primary amides is 1. The molecule has 0 unspecified atom stereocenters. The minimum absolute atomic E-state index is 0.345. The smallest absolute Gasteiger partial charge is 0.320 e. The number of nitrogens with one attached hydrogen (secondary N) is 1. The molecule has 1 fully saturated rings. The van der Waals surface area contributed by atoms with Crippen LogP contribution < -0.4 is 15.4 Å². The Morgan fingerprint density at radius 3 is 2.91 bits per heavy atom. The molecule has 2 aromatic rings.